The van der Waals surface area contributed by atoms with Crippen molar-refractivity contribution in [3.05, 3.63) is 41.6 Å². The summed E-state index contributed by atoms with van der Waals surface area (Å²) in [6, 6.07) is 11.0. The zero-order chi connectivity index (χ0) is 14.0. The second-order valence-corrected chi connectivity index (χ2v) is 8.04. The summed E-state index contributed by atoms with van der Waals surface area (Å²) < 4.78 is 0. The van der Waals surface area contributed by atoms with Crippen molar-refractivity contribution in [1.82, 2.24) is 4.98 Å². The molecule has 4 fully saturated rings. The molecular formula is C20H23N. The number of rotatable bonds is 1. The predicted octanol–water partition coefficient (Wildman–Crippen LogP) is 5.01. The summed E-state index contributed by atoms with van der Waals surface area (Å²) in [6.45, 7) is 2.29. The molecular weight excluding hydrogens is 254 g/mol. The highest BCUT2D eigenvalue weighted by molar-refractivity contribution is 5.79. The van der Waals surface area contributed by atoms with E-state index in [9.17, 15) is 0 Å². The van der Waals surface area contributed by atoms with Crippen LogP contribution in [-0.4, -0.2) is 4.98 Å². The topological polar surface area (TPSA) is 12.9 Å². The molecule has 108 valence electrons. The van der Waals surface area contributed by atoms with Crippen LogP contribution in [0.15, 0.2) is 30.3 Å². The second kappa shape index (κ2) is 4.09. The van der Waals surface area contributed by atoms with Gasteiger partial charge in [-0.05, 0) is 80.9 Å². The van der Waals surface area contributed by atoms with Crippen molar-refractivity contribution >= 4 is 10.9 Å². The Kier molecular flexibility index (Phi) is 2.38. The molecule has 0 atom stereocenters. The molecule has 0 aliphatic heterocycles. The summed E-state index contributed by atoms with van der Waals surface area (Å²) in [4.78, 5) is 5.16. The number of nitrogens with zero attached hydrogens (tertiary/aromatic N) is 1. The minimum absolute atomic E-state index is 0.420. The minimum atomic E-state index is 0.420. The van der Waals surface area contributed by atoms with E-state index in [0.29, 0.717) is 5.41 Å². The van der Waals surface area contributed by atoms with E-state index in [4.69, 9.17) is 4.98 Å². The Morgan fingerprint density at radius 2 is 1.57 bits per heavy atom. The van der Waals surface area contributed by atoms with Crippen LogP contribution in [-0.2, 0) is 5.41 Å². The number of hydrogen-bond acceptors (Lipinski definition) is 1. The van der Waals surface area contributed by atoms with Crippen LogP contribution in [0.4, 0.5) is 0 Å². The molecule has 2 aromatic rings. The van der Waals surface area contributed by atoms with Crippen molar-refractivity contribution in [2.24, 2.45) is 17.8 Å². The van der Waals surface area contributed by atoms with Gasteiger partial charge in [-0.1, -0.05) is 18.2 Å². The van der Waals surface area contributed by atoms with Crippen LogP contribution in [0.1, 0.15) is 49.8 Å². The van der Waals surface area contributed by atoms with Gasteiger partial charge in [-0.25, -0.2) is 0 Å². The third-order valence-electron chi connectivity index (χ3n) is 6.46. The lowest BCUT2D eigenvalue weighted by molar-refractivity contribution is -0.00735. The van der Waals surface area contributed by atoms with E-state index in [1.807, 2.05) is 0 Å². The van der Waals surface area contributed by atoms with Gasteiger partial charge in [-0.15, -0.1) is 0 Å². The van der Waals surface area contributed by atoms with E-state index >= 15 is 0 Å². The lowest BCUT2D eigenvalue weighted by Gasteiger charge is -2.56. The van der Waals surface area contributed by atoms with Gasteiger partial charge in [-0.2, -0.15) is 0 Å². The summed E-state index contributed by atoms with van der Waals surface area (Å²) in [7, 11) is 0. The zero-order valence-electron chi connectivity index (χ0n) is 12.8. The van der Waals surface area contributed by atoms with Crippen LogP contribution in [0, 0.1) is 24.7 Å². The summed E-state index contributed by atoms with van der Waals surface area (Å²) in [5, 5.41) is 1.29. The van der Waals surface area contributed by atoms with Crippen molar-refractivity contribution < 1.29 is 0 Å². The number of aromatic nitrogens is 1. The quantitative estimate of drug-likeness (QED) is 0.714. The molecule has 6 rings (SSSR count). The van der Waals surface area contributed by atoms with Crippen LogP contribution in [0.5, 0.6) is 0 Å². The Hall–Kier alpha value is -1.37. The molecule has 4 saturated carbocycles. The summed E-state index contributed by atoms with van der Waals surface area (Å²) >= 11 is 0. The molecule has 1 heteroatoms. The molecule has 0 amide bonds. The van der Waals surface area contributed by atoms with Gasteiger partial charge in [0.25, 0.3) is 0 Å². The van der Waals surface area contributed by atoms with Crippen molar-refractivity contribution in [2.75, 3.05) is 0 Å². The first kappa shape index (κ1) is 12.2. The average molecular weight is 277 g/mol. The van der Waals surface area contributed by atoms with E-state index in [-0.39, 0.29) is 0 Å². The maximum absolute atomic E-state index is 5.16. The lowest BCUT2D eigenvalue weighted by atomic mass is 9.48. The van der Waals surface area contributed by atoms with Crippen molar-refractivity contribution in [3.63, 3.8) is 0 Å². The standard InChI is InChI=1S/C20H23N/c1-13-6-17-4-2-3-5-18(17)21-19(13)20-10-14-7-15(11-20)9-16(8-14)12-20/h2-6,14-16H,7-12H2,1H3. The first-order valence-electron chi connectivity index (χ1n) is 8.59. The molecule has 0 saturated heterocycles. The third-order valence-corrected chi connectivity index (χ3v) is 6.46. The van der Waals surface area contributed by atoms with Gasteiger partial charge >= 0.3 is 0 Å². The molecule has 1 nitrogen and oxygen atoms in total. The SMILES string of the molecule is Cc1cc2ccccc2nc1C12CC3CC(CC(C3)C1)C2. The van der Waals surface area contributed by atoms with Gasteiger partial charge in [0.05, 0.1) is 11.2 Å². The van der Waals surface area contributed by atoms with Crippen LogP contribution >= 0.6 is 0 Å². The highest BCUT2D eigenvalue weighted by atomic mass is 14.8. The number of para-hydroxylation sites is 1. The molecule has 4 bridgehead atoms. The molecule has 4 aliphatic carbocycles. The number of fused-ring (bicyclic) bond motifs is 1. The fourth-order valence-corrected chi connectivity index (χ4v) is 6.16. The second-order valence-electron chi connectivity index (χ2n) is 8.04. The molecule has 0 radical (unpaired) electrons. The smallest absolute Gasteiger partial charge is 0.0705 e. The van der Waals surface area contributed by atoms with Crippen LogP contribution < -0.4 is 0 Å². The van der Waals surface area contributed by atoms with Crippen molar-refractivity contribution in [1.29, 1.82) is 0 Å². The van der Waals surface area contributed by atoms with Crippen molar-refractivity contribution in [3.8, 4) is 0 Å². The summed E-state index contributed by atoms with van der Waals surface area (Å²) in [5.41, 5.74) is 4.48. The molecule has 4 aliphatic rings. The monoisotopic (exact) mass is 277 g/mol. The first-order valence-corrected chi connectivity index (χ1v) is 8.59. The van der Waals surface area contributed by atoms with Gasteiger partial charge in [-0.3, -0.25) is 4.98 Å². The number of benzene rings is 1. The maximum Gasteiger partial charge on any atom is 0.0705 e. The Balaban J connectivity index is 1.68. The minimum Gasteiger partial charge on any atom is -0.252 e. The fourth-order valence-electron chi connectivity index (χ4n) is 6.16. The zero-order valence-corrected chi connectivity index (χ0v) is 12.8. The fraction of sp³-hybridized carbons (Fsp3) is 0.550. The average Bonchev–Trinajstić information content (AvgIpc) is 2.45. The van der Waals surface area contributed by atoms with Gasteiger partial charge in [0.2, 0.25) is 0 Å². The maximum atomic E-state index is 5.16. The van der Waals surface area contributed by atoms with E-state index < -0.39 is 0 Å². The van der Waals surface area contributed by atoms with E-state index in [2.05, 4.69) is 37.3 Å². The van der Waals surface area contributed by atoms with Gasteiger partial charge in [0, 0.05) is 10.8 Å². The molecule has 0 unspecified atom stereocenters. The molecule has 1 heterocycles. The summed E-state index contributed by atoms with van der Waals surface area (Å²) in [5.74, 6) is 2.97. The summed E-state index contributed by atoms with van der Waals surface area (Å²) in [6.07, 6.45) is 8.74. The normalized spacial score (nSPS) is 37.3. The number of pyridine rings is 1. The number of aryl methyl sites for hydroxylation is 1. The van der Waals surface area contributed by atoms with Crippen LogP contribution in [0.2, 0.25) is 0 Å². The lowest BCUT2D eigenvalue weighted by Crippen LogP contribution is -2.49. The molecule has 1 aromatic heterocycles. The number of hydrogen-bond donors (Lipinski definition) is 0. The molecule has 0 N–H and O–H groups in total. The largest absolute Gasteiger partial charge is 0.252 e. The Labute approximate surface area is 126 Å². The molecule has 0 spiro atoms. The van der Waals surface area contributed by atoms with Crippen LogP contribution in [0.3, 0.4) is 0 Å². The predicted molar refractivity (Wildman–Crippen MR) is 86.3 cm³/mol. The van der Waals surface area contributed by atoms with Crippen molar-refractivity contribution in [2.45, 2.75) is 50.9 Å². The third kappa shape index (κ3) is 1.73. The van der Waals surface area contributed by atoms with E-state index in [0.717, 1.165) is 17.8 Å². The Morgan fingerprint density at radius 1 is 0.952 bits per heavy atom. The van der Waals surface area contributed by atoms with E-state index in [1.165, 1.54) is 60.7 Å². The van der Waals surface area contributed by atoms with Gasteiger partial charge < -0.3 is 0 Å². The molecule has 21 heavy (non-hydrogen) atoms. The highest BCUT2D eigenvalue weighted by Crippen LogP contribution is 2.60. The van der Waals surface area contributed by atoms with Crippen LogP contribution in [0.25, 0.3) is 10.9 Å². The Morgan fingerprint density at radius 3 is 2.24 bits per heavy atom. The Bertz CT molecular complexity index is 680. The highest BCUT2D eigenvalue weighted by Gasteiger charge is 2.52. The molecule has 1 aromatic carbocycles. The van der Waals surface area contributed by atoms with Gasteiger partial charge in [0.1, 0.15) is 0 Å². The van der Waals surface area contributed by atoms with E-state index in [1.54, 1.807) is 0 Å². The first-order chi connectivity index (χ1) is 10.2. The van der Waals surface area contributed by atoms with Gasteiger partial charge in [0.15, 0.2) is 0 Å².